The van der Waals surface area contributed by atoms with Crippen LogP contribution in [0.15, 0.2) is 97.1 Å². The van der Waals surface area contributed by atoms with Crippen molar-refractivity contribution in [2.45, 2.75) is 19.3 Å². The number of nitrogens with zero attached hydrogens (tertiary/aromatic N) is 4. The van der Waals surface area contributed by atoms with Gasteiger partial charge in [0.25, 0.3) is 0 Å². The van der Waals surface area contributed by atoms with E-state index in [4.69, 9.17) is 15.0 Å². The minimum atomic E-state index is -0.143. The Balaban J connectivity index is 1.20. The molecule has 0 saturated carbocycles. The van der Waals surface area contributed by atoms with Gasteiger partial charge < -0.3 is 4.57 Å². The molecule has 0 fully saturated rings. The molecule has 11 rings (SSSR count). The Hall–Kier alpha value is -5.78. The predicted octanol–water partition coefficient (Wildman–Crippen LogP) is -4.77. The van der Waals surface area contributed by atoms with Gasteiger partial charge >= 0.3 is 0 Å². The molecule has 0 saturated heterocycles. The van der Waals surface area contributed by atoms with E-state index < -0.39 is 0 Å². The van der Waals surface area contributed by atoms with Gasteiger partial charge in [-0.1, -0.05) is 131 Å². The van der Waals surface area contributed by atoms with Crippen molar-refractivity contribution < 1.29 is 0 Å². The second-order valence-corrected chi connectivity index (χ2v) is 19.7. The molecule has 4 nitrogen and oxygen atoms in total. The van der Waals surface area contributed by atoms with Gasteiger partial charge in [0.05, 0.1) is 10.2 Å². The second-order valence-electron chi connectivity index (χ2n) is 18.7. The molecule has 7 aromatic carbocycles. The van der Waals surface area contributed by atoms with E-state index >= 15 is 0 Å². The van der Waals surface area contributed by atoms with E-state index in [-0.39, 0.29) is 5.41 Å². The maximum atomic E-state index is 5.34. The first kappa shape index (κ1) is 40.0. The number of hydrogen-bond acceptors (Lipinski definition) is 4. The Morgan fingerprint density at radius 2 is 0.921 bits per heavy atom. The lowest BCUT2D eigenvalue weighted by Crippen LogP contribution is -2.48. The fraction of sp³-hybridized carbons (Fsp3) is 0.0625. The number of fused-ring (bicyclic) bond motifs is 10. The van der Waals surface area contributed by atoms with Crippen LogP contribution in [0.1, 0.15) is 25.0 Å². The third-order valence-electron chi connectivity index (χ3n) is 15.3. The Labute approximate surface area is 382 Å². The maximum absolute atomic E-state index is 5.34. The number of hydrogen-bond donors (Lipinski definition) is 0. The summed E-state index contributed by atoms with van der Waals surface area (Å²) in [5.41, 5.74) is 25.3. The summed E-state index contributed by atoms with van der Waals surface area (Å²) in [7, 11) is 23.1. The standard InChI is InChI=1S/C48H42B10N4S/c1-48(2)25-14-7-6-13-23(25)24-16-15-21(18-26(24)48)47-60-45(19-9-4-3-5-10-19)59-46(61-47)20-11-8-12-22(17-20)62-41-27(32(50)35(53)37(55)39(41)57)28-31(49)33(51)30-29-34(52)36(54)38(56)40(58)43(29)63-44(30)42(28)62/h3-18H,49-58H2,1-2H3. The van der Waals surface area contributed by atoms with Gasteiger partial charge in [0.1, 0.15) is 78.5 Å². The molecule has 1 aliphatic carbocycles. The SMILES string of the molecule is Bc1c(B)c(B)c2c(sc3c2c(B)c(B)c2c4c(B)c(B)c(B)c(B)c4n(-c4cccc(-c5nc(-c6ccccc6)nc(-c6ccc7c(c6)C(C)(C)c6ccccc6-7)n5)c4)c32)c1B. The van der Waals surface area contributed by atoms with Crippen molar-refractivity contribution in [2.24, 2.45) is 0 Å². The molecule has 63 heavy (non-hydrogen) atoms. The molecule has 0 N–H and O–H groups in total. The zero-order valence-corrected chi connectivity index (χ0v) is 39.3. The fourth-order valence-electron chi connectivity index (χ4n) is 10.9. The average molecular weight is 815 g/mol. The van der Waals surface area contributed by atoms with E-state index in [1.54, 1.807) is 0 Å². The fourth-order valence-corrected chi connectivity index (χ4v) is 12.4. The van der Waals surface area contributed by atoms with E-state index in [0.717, 1.165) is 22.4 Å². The summed E-state index contributed by atoms with van der Waals surface area (Å²) in [6.07, 6.45) is 0. The highest BCUT2D eigenvalue weighted by Crippen LogP contribution is 2.49. The summed E-state index contributed by atoms with van der Waals surface area (Å²) in [4.78, 5) is 15.8. The highest BCUT2D eigenvalue weighted by molar-refractivity contribution is 7.28. The number of thiophene rings is 1. The Bertz CT molecular complexity index is 3670. The van der Waals surface area contributed by atoms with E-state index in [1.165, 1.54) is 119 Å². The van der Waals surface area contributed by atoms with Gasteiger partial charge in [0, 0.05) is 43.4 Å². The molecule has 290 valence electrons. The third-order valence-corrected chi connectivity index (χ3v) is 16.6. The van der Waals surface area contributed by atoms with Crippen LogP contribution in [0.25, 0.3) is 93.0 Å². The van der Waals surface area contributed by atoms with Crippen molar-refractivity contribution in [1.29, 1.82) is 0 Å². The predicted molar refractivity (Wildman–Crippen MR) is 303 cm³/mol. The monoisotopic (exact) mass is 816 g/mol. The lowest BCUT2D eigenvalue weighted by Gasteiger charge is -2.21. The van der Waals surface area contributed by atoms with Crippen molar-refractivity contribution in [2.75, 3.05) is 0 Å². The molecule has 0 bridgehead atoms. The van der Waals surface area contributed by atoms with Gasteiger partial charge in [-0.2, -0.15) is 0 Å². The smallest absolute Gasteiger partial charge is 0.164 e. The summed E-state index contributed by atoms with van der Waals surface area (Å²) in [6, 6.07) is 34.7. The van der Waals surface area contributed by atoms with Crippen LogP contribution in [0.2, 0.25) is 0 Å². The lowest BCUT2D eigenvalue weighted by atomic mass is 9.64. The molecule has 0 atom stereocenters. The minimum Gasteiger partial charge on any atom is -0.308 e. The molecular weight excluding hydrogens is 773 g/mol. The maximum Gasteiger partial charge on any atom is 0.164 e. The number of aromatic nitrogens is 4. The van der Waals surface area contributed by atoms with Crippen LogP contribution in [0.5, 0.6) is 0 Å². The molecule has 0 spiro atoms. The lowest BCUT2D eigenvalue weighted by molar-refractivity contribution is 0.660. The van der Waals surface area contributed by atoms with Crippen LogP contribution in [0.3, 0.4) is 0 Å². The minimum absolute atomic E-state index is 0.143. The molecule has 0 unspecified atom stereocenters. The van der Waals surface area contributed by atoms with Crippen LogP contribution in [0, 0.1) is 0 Å². The van der Waals surface area contributed by atoms with Crippen LogP contribution < -0.4 is 54.6 Å². The van der Waals surface area contributed by atoms with Crippen molar-refractivity contribution in [3.05, 3.63) is 108 Å². The zero-order chi connectivity index (χ0) is 44.0. The first-order chi connectivity index (χ1) is 30.2. The molecule has 0 radical (unpaired) electrons. The Kier molecular flexibility index (Phi) is 8.96. The molecule has 10 aromatic rings. The zero-order valence-electron chi connectivity index (χ0n) is 38.4. The van der Waals surface area contributed by atoms with Gasteiger partial charge in [-0.25, -0.2) is 15.0 Å². The molecule has 1 aliphatic rings. The Morgan fingerprint density at radius 1 is 0.413 bits per heavy atom. The van der Waals surface area contributed by atoms with Crippen LogP contribution in [-0.2, 0) is 5.41 Å². The van der Waals surface area contributed by atoms with Gasteiger partial charge in [0.15, 0.2) is 17.5 Å². The first-order valence-electron chi connectivity index (χ1n) is 22.2. The van der Waals surface area contributed by atoms with E-state index in [1.807, 2.05) is 17.4 Å². The van der Waals surface area contributed by atoms with Crippen molar-refractivity contribution in [3.63, 3.8) is 0 Å². The summed E-state index contributed by atoms with van der Waals surface area (Å²) < 4.78 is 5.33. The molecule has 15 heteroatoms. The first-order valence-corrected chi connectivity index (χ1v) is 23.0. The van der Waals surface area contributed by atoms with Crippen LogP contribution in [-0.4, -0.2) is 98.0 Å². The van der Waals surface area contributed by atoms with Crippen LogP contribution in [0.4, 0.5) is 0 Å². The van der Waals surface area contributed by atoms with Gasteiger partial charge in [-0.05, 0) is 56.6 Å². The van der Waals surface area contributed by atoms with E-state index in [2.05, 4.69) is 188 Å². The number of benzene rings is 7. The van der Waals surface area contributed by atoms with Crippen molar-refractivity contribution >= 4 is 186 Å². The third kappa shape index (κ3) is 5.57. The average Bonchev–Trinajstić information content (AvgIpc) is 3.95. The molecule has 0 aliphatic heterocycles. The van der Waals surface area contributed by atoms with Gasteiger partial charge in [0.2, 0.25) is 0 Å². The molecule has 0 amide bonds. The van der Waals surface area contributed by atoms with Gasteiger partial charge in [-0.15, -0.1) is 27.7 Å². The van der Waals surface area contributed by atoms with Crippen molar-refractivity contribution in [3.8, 4) is 51.0 Å². The Morgan fingerprint density at radius 3 is 1.63 bits per heavy atom. The van der Waals surface area contributed by atoms with Crippen molar-refractivity contribution in [1.82, 2.24) is 19.5 Å². The normalized spacial score (nSPS) is 13.0. The largest absolute Gasteiger partial charge is 0.308 e. The van der Waals surface area contributed by atoms with Gasteiger partial charge in [-0.3, -0.25) is 0 Å². The topological polar surface area (TPSA) is 43.6 Å². The summed E-state index contributed by atoms with van der Waals surface area (Å²) in [5.74, 6) is 1.98. The summed E-state index contributed by atoms with van der Waals surface area (Å²) in [5, 5.41) is 5.51. The highest BCUT2D eigenvalue weighted by Gasteiger charge is 2.35. The van der Waals surface area contributed by atoms with E-state index in [0.29, 0.717) is 17.5 Å². The molecular formula is C48H42B10N4S. The van der Waals surface area contributed by atoms with E-state index in [9.17, 15) is 0 Å². The summed E-state index contributed by atoms with van der Waals surface area (Å²) >= 11 is 1.97. The summed E-state index contributed by atoms with van der Waals surface area (Å²) in [6.45, 7) is 4.64. The highest BCUT2D eigenvalue weighted by atomic mass is 32.1. The second kappa shape index (κ2) is 14.1. The quantitative estimate of drug-likeness (QED) is 0.168. The molecule has 3 aromatic heterocycles. The molecule has 3 heterocycles. The van der Waals surface area contributed by atoms with Crippen LogP contribution >= 0.6 is 11.3 Å². The number of rotatable bonds is 4.